The molecule has 1 fully saturated rings. The number of nitrogens with one attached hydrogen (secondary N) is 1. The summed E-state index contributed by atoms with van der Waals surface area (Å²) in [6, 6.07) is 8.25. The van der Waals surface area contributed by atoms with E-state index in [1.165, 1.54) is 5.39 Å². The van der Waals surface area contributed by atoms with Crippen molar-refractivity contribution in [2.24, 2.45) is 0 Å². The monoisotopic (exact) mass is 189 g/mol. The van der Waals surface area contributed by atoms with Gasteiger partial charge in [0.15, 0.2) is 6.29 Å². The predicted molar refractivity (Wildman–Crippen MR) is 52.9 cm³/mol. The van der Waals surface area contributed by atoms with Crippen LogP contribution in [0.2, 0.25) is 0 Å². The van der Waals surface area contributed by atoms with Crippen LogP contribution in [0.3, 0.4) is 0 Å². The Balaban J connectivity index is 2.04. The molecule has 0 spiro atoms. The fraction of sp³-hybridized carbons (Fsp3) is 0.273. The highest BCUT2D eigenvalue weighted by atomic mass is 16.7. The van der Waals surface area contributed by atoms with Gasteiger partial charge < -0.3 is 14.5 Å². The molecule has 0 saturated carbocycles. The summed E-state index contributed by atoms with van der Waals surface area (Å²) in [5.74, 6) is 0. The Hall–Kier alpha value is -1.32. The summed E-state index contributed by atoms with van der Waals surface area (Å²) in [6.45, 7) is 1.38. The van der Waals surface area contributed by atoms with E-state index in [1.807, 2.05) is 12.3 Å². The van der Waals surface area contributed by atoms with Gasteiger partial charge >= 0.3 is 0 Å². The van der Waals surface area contributed by atoms with Crippen LogP contribution >= 0.6 is 0 Å². The molecule has 1 aromatic heterocycles. The highest BCUT2D eigenvalue weighted by Crippen LogP contribution is 2.25. The predicted octanol–water partition coefficient (Wildman–Crippen LogP) is 2.21. The first-order chi connectivity index (χ1) is 6.93. The molecule has 0 radical (unpaired) electrons. The minimum Gasteiger partial charge on any atom is -0.361 e. The molecule has 0 amide bonds. The van der Waals surface area contributed by atoms with Crippen molar-refractivity contribution in [3.05, 3.63) is 36.0 Å². The Morgan fingerprint density at radius 2 is 2.00 bits per heavy atom. The summed E-state index contributed by atoms with van der Waals surface area (Å²) >= 11 is 0. The van der Waals surface area contributed by atoms with Crippen molar-refractivity contribution in [2.45, 2.75) is 6.29 Å². The number of aromatic nitrogens is 1. The van der Waals surface area contributed by atoms with E-state index in [0.717, 1.165) is 11.1 Å². The van der Waals surface area contributed by atoms with Crippen LogP contribution in [0.5, 0.6) is 0 Å². The van der Waals surface area contributed by atoms with Crippen molar-refractivity contribution < 1.29 is 9.47 Å². The molecule has 1 aliphatic heterocycles. The highest BCUT2D eigenvalue weighted by molar-refractivity contribution is 5.79. The van der Waals surface area contributed by atoms with Crippen molar-refractivity contribution in [3.8, 4) is 0 Å². The second-order valence-electron chi connectivity index (χ2n) is 3.40. The minimum absolute atomic E-state index is 0.178. The number of ether oxygens (including phenoxy) is 2. The topological polar surface area (TPSA) is 34.2 Å². The lowest BCUT2D eigenvalue weighted by atomic mass is 10.1. The Morgan fingerprint density at radius 1 is 1.14 bits per heavy atom. The van der Waals surface area contributed by atoms with Crippen molar-refractivity contribution >= 4 is 10.9 Å². The quantitative estimate of drug-likeness (QED) is 0.746. The summed E-state index contributed by atoms with van der Waals surface area (Å²) < 4.78 is 10.9. The van der Waals surface area contributed by atoms with E-state index in [1.54, 1.807) is 0 Å². The largest absolute Gasteiger partial charge is 0.361 e. The Bertz CT molecular complexity index is 443. The summed E-state index contributed by atoms with van der Waals surface area (Å²) in [5.41, 5.74) is 2.21. The maximum absolute atomic E-state index is 5.43. The van der Waals surface area contributed by atoms with Crippen molar-refractivity contribution in [3.63, 3.8) is 0 Å². The normalized spacial score (nSPS) is 18.0. The van der Waals surface area contributed by atoms with Gasteiger partial charge in [0.25, 0.3) is 0 Å². The molecule has 1 N–H and O–H groups in total. The van der Waals surface area contributed by atoms with Gasteiger partial charge in [-0.25, -0.2) is 0 Å². The molecule has 0 atom stereocenters. The van der Waals surface area contributed by atoms with Crippen LogP contribution < -0.4 is 0 Å². The van der Waals surface area contributed by atoms with Crippen LogP contribution in [0.4, 0.5) is 0 Å². The number of benzene rings is 1. The smallest absolute Gasteiger partial charge is 0.184 e. The van der Waals surface area contributed by atoms with Gasteiger partial charge in [0.2, 0.25) is 0 Å². The Kier molecular flexibility index (Phi) is 1.79. The second kappa shape index (κ2) is 3.12. The first kappa shape index (κ1) is 8.03. The number of fused-ring (bicyclic) bond motifs is 1. The maximum Gasteiger partial charge on any atom is 0.184 e. The molecule has 2 heterocycles. The second-order valence-corrected chi connectivity index (χ2v) is 3.40. The van der Waals surface area contributed by atoms with Gasteiger partial charge in [-0.2, -0.15) is 0 Å². The zero-order valence-corrected chi connectivity index (χ0v) is 7.69. The fourth-order valence-corrected chi connectivity index (χ4v) is 1.76. The summed E-state index contributed by atoms with van der Waals surface area (Å²) in [6.07, 6.45) is 1.76. The van der Waals surface area contributed by atoms with Crippen LogP contribution in [0.25, 0.3) is 10.9 Å². The molecule has 0 unspecified atom stereocenters. The van der Waals surface area contributed by atoms with Gasteiger partial charge in [-0.3, -0.25) is 0 Å². The molecular weight excluding hydrogens is 178 g/mol. The Labute approximate surface area is 81.6 Å². The Morgan fingerprint density at radius 3 is 2.86 bits per heavy atom. The van der Waals surface area contributed by atoms with E-state index in [9.17, 15) is 0 Å². The van der Waals surface area contributed by atoms with Gasteiger partial charge in [0, 0.05) is 17.3 Å². The third kappa shape index (κ3) is 1.22. The molecule has 0 aliphatic carbocycles. The van der Waals surface area contributed by atoms with Gasteiger partial charge in [0.1, 0.15) is 0 Å². The van der Waals surface area contributed by atoms with Crippen molar-refractivity contribution in [1.82, 2.24) is 4.98 Å². The van der Waals surface area contributed by atoms with Crippen LogP contribution in [-0.4, -0.2) is 18.2 Å². The summed E-state index contributed by atoms with van der Waals surface area (Å²) in [4.78, 5) is 3.17. The number of hydrogen-bond donors (Lipinski definition) is 1. The van der Waals surface area contributed by atoms with Gasteiger partial charge in [0.05, 0.1) is 13.2 Å². The zero-order valence-electron chi connectivity index (χ0n) is 7.69. The van der Waals surface area contributed by atoms with Gasteiger partial charge in [-0.05, 0) is 17.5 Å². The minimum atomic E-state index is -0.178. The standard InChI is InChI=1S/C11H11NO2/c1-2-9(11-13-5-6-14-11)7-10-8(1)3-4-12-10/h1-4,7,11-12H,5-6H2. The van der Waals surface area contributed by atoms with Crippen LogP contribution in [0.15, 0.2) is 30.5 Å². The van der Waals surface area contributed by atoms with E-state index in [-0.39, 0.29) is 6.29 Å². The van der Waals surface area contributed by atoms with E-state index in [0.29, 0.717) is 13.2 Å². The molecule has 1 aromatic carbocycles. The molecule has 1 saturated heterocycles. The lowest BCUT2D eigenvalue weighted by molar-refractivity contribution is -0.0440. The first-order valence-corrected chi connectivity index (χ1v) is 4.74. The average molecular weight is 189 g/mol. The summed E-state index contributed by atoms with van der Waals surface area (Å²) in [5, 5.41) is 1.21. The van der Waals surface area contributed by atoms with Gasteiger partial charge in [-0.15, -0.1) is 0 Å². The molecule has 14 heavy (non-hydrogen) atoms. The number of hydrogen-bond acceptors (Lipinski definition) is 2. The van der Waals surface area contributed by atoms with E-state index >= 15 is 0 Å². The molecule has 2 aromatic rings. The van der Waals surface area contributed by atoms with Crippen LogP contribution in [-0.2, 0) is 9.47 Å². The first-order valence-electron chi connectivity index (χ1n) is 4.74. The third-order valence-corrected chi connectivity index (χ3v) is 2.47. The van der Waals surface area contributed by atoms with Crippen molar-refractivity contribution in [1.29, 1.82) is 0 Å². The molecule has 3 nitrogen and oxygen atoms in total. The van der Waals surface area contributed by atoms with E-state index < -0.39 is 0 Å². The summed E-state index contributed by atoms with van der Waals surface area (Å²) in [7, 11) is 0. The lowest BCUT2D eigenvalue weighted by Gasteiger charge is -2.08. The van der Waals surface area contributed by atoms with Crippen LogP contribution in [0.1, 0.15) is 11.9 Å². The number of rotatable bonds is 1. The molecule has 0 bridgehead atoms. The maximum atomic E-state index is 5.43. The highest BCUT2D eigenvalue weighted by Gasteiger charge is 2.18. The average Bonchev–Trinajstić information content (AvgIpc) is 2.88. The number of H-pyrrole nitrogens is 1. The number of aromatic amines is 1. The van der Waals surface area contributed by atoms with E-state index in [2.05, 4.69) is 23.2 Å². The zero-order chi connectivity index (χ0) is 9.38. The molecule has 72 valence electrons. The van der Waals surface area contributed by atoms with E-state index in [4.69, 9.17) is 9.47 Å². The SMILES string of the molecule is c1cc2ccc(C3OCCO3)cc2[nH]1. The molecular formula is C11H11NO2. The fourth-order valence-electron chi connectivity index (χ4n) is 1.76. The lowest BCUT2D eigenvalue weighted by Crippen LogP contribution is -1.97. The van der Waals surface area contributed by atoms with Crippen molar-refractivity contribution in [2.75, 3.05) is 13.2 Å². The van der Waals surface area contributed by atoms with Crippen LogP contribution in [0, 0.1) is 0 Å². The molecule has 3 heteroatoms. The third-order valence-electron chi connectivity index (χ3n) is 2.47. The van der Waals surface area contributed by atoms with Gasteiger partial charge in [-0.1, -0.05) is 12.1 Å². The molecule has 1 aliphatic rings. The molecule has 3 rings (SSSR count).